The van der Waals surface area contributed by atoms with Crippen LogP contribution in [0.25, 0.3) is 0 Å². The van der Waals surface area contributed by atoms with Crippen LogP contribution in [0.1, 0.15) is 303 Å². The summed E-state index contributed by atoms with van der Waals surface area (Å²) in [6, 6.07) is -0.908. The number of allylic oxidation sites excluding steroid dienone is 5. The summed E-state index contributed by atoms with van der Waals surface area (Å²) in [5.41, 5.74) is 0. The number of quaternary nitrogens is 1. The molecule has 0 bridgehead atoms. The first-order valence-electron chi connectivity index (χ1n) is 30.9. The Balaban J connectivity index is 4.12. The van der Waals surface area contributed by atoms with Crippen LogP contribution in [0.5, 0.6) is 0 Å². The van der Waals surface area contributed by atoms with Crippen molar-refractivity contribution in [2.45, 2.75) is 315 Å². The van der Waals surface area contributed by atoms with Crippen molar-refractivity contribution in [3.8, 4) is 0 Å². The molecular weight excluding hydrogens is 900 g/mol. The Morgan fingerprint density at radius 3 is 1.14 bits per heavy atom. The average molecular weight is 1020 g/mol. The van der Waals surface area contributed by atoms with Gasteiger partial charge < -0.3 is 28.8 Å². The number of aliphatic hydroxyl groups is 1. The number of amides is 1. The molecule has 0 saturated heterocycles. The predicted molar refractivity (Wildman–Crippen MR) is 307 cm³/mol. The third-order valence-electron chi connectivity index (χ3n) is 14.1. The van der Waals surface area contributed by atoms with E-state index >= 15 is 0 Å². The summed E-state index contributed by atoms with van der Waals surface area (Å²) >= 11 is 0. The van der Waals surface area contributed by atoms with Gasteiger partial charge in [-0.05, 0) is 44.9 Å². The minimum Gasteiger partial charge on any atom is -0.756 e. The number of phosphoric acid groups is 1. The first-order chi connectivity index (χ1) is 34.5. The summed E-state index contributed by atoms with van der Waals surface area (Å²) in [5.74, 6) is -0.205. The zero-order chi connectivity index (χ0) is 52.0. The lowest BCUT2D eigenvalue weighted by atomic mass is 10.0. The summed E-state index contributed by atoms with van der Waals surface area (Å²) < 4.78 is 23.3. The first kappa shape index (κ1) is 69.7. The molecule has 0 aliphatic carbocycles. The Morgan fingerprint density at radius 2 is 0.789 bits per heavy atom. The number of hydrogen-bond acceptors (Lipinski definition) is 6. The van der Waals surface area contributed by atoms with E-state index in [-0.39, 0.29) is 12.5 Å². The van der Waals surface area contributed by atoms with Crippen LogP contribution in [0.4, 0.5) is 0 Å². The Morgan fingerprint density at radius 1 is 0.479 bits per heavy atom. The van der Waals surface area contributed by atoms with Crippen molar-refractivity contribution in [2.75, 3.05) is 40.9 Å². The van der Waals surface area contributed by atoms with Gasteiger partial charge in [0.05, 0.1) is 39.9 Å². The maximum Gasteiger partial charge on any atom is 0.268 e. The van der Waals surface area contributed by atoms with Crippen molar-refractivity contribution in [3.05, 3.63) is 36.5 Å². The van der Waals surface area contributed by atoms with Gasteiger partial charge in [0.1, 0.15) is 13.2 Å². The maximum atomic E-state index is 13.0. The van der Waals surface area contributed by atoms with Gasteiger partial charge in [-0.2, -0.15) is 0 Å². The fourth-order valence-electron chi connectivity index (χ4n) is 9.25. The summed E-state index contributed by atoms with van der Waals surface area (Å²) in [7, 11) is 1.25. The van der Waals surface area contributed by atoms with E-state index in [0.717, 1.165) is 44.9 Å². The molecule has 420 valence electrons. The van der Waals surface area contributed by atoms with Crippen molar-refractivity contribution in [2.24, 2.45) is 0 Å². The summed E-state index contributed by atoms with van der Waals surface area (Å²) in [6.07, 6.45) is 69.6. The largest absolute Gasteiger partial charge is 0.756 e. The molecule has 3 unspecified atom stereocenters. The van der Waals surface area contributed by atoms with Crippen molar-refractivity contribution in [3.63, 3.8) is 0 Å². The van der Waals surface area contributed by atoms with Crippen LogP contribution < -0.4 is 10.2 Å². The van der Waals surface area contributed by atoms with E-state index in [1.165, 1.54) is 238 Å². The third kappa shape index (κ3) is 56.3. The number of unbranched alkanes of at least 4 members (excludes halogenated alkanes) is 40. The van der Waals surface area contributed by atoms with E-state index in [4.69, 9.17) is 9.05 Å². The number of nitrogens with one attached hydrogen (secondary N) is 1. The van der Waals surface area contributed by atoms with Gasteiger partial charge in [-0.3, -0.25) is 9.36 Å². The maximum absolute atomic E-state index is 13.0. The van der Waals surface area contributed by atoms with Gasteiger partial charge in [0.15, 0.2) is 0 Å². The van der Waals surface area contributed by atoms with Crippen molar-refractivity contribution in [1.82, 2.24) is 5.32 Å². The highest BCUT2D eigenvalue weighted by Crippen LogP contribution is 2.38. The standard InChI is InChI=1S/C62H121N2O6P/c1-6-8-10-12-14-16-18-20-22-24-26-27-28-29-30-31-32-33-34-35-36-38-40-42-44-46-48-50-52-54-56-62(66)63-60(59-70-71(67,68)69-58-57-64(3,4)5)61(65)55-53-51-49-47-45-43-41-39-37-25-23-21-19-17-15-13-11-9-7-2/h37,39,45,47,53,55,60-61,65H,6-36,38,40-44,46,48-52,54,56-59H2,1-5H3,(H-,63,66,67,68)/b39-37+,47-45+,55-53+. The molecule has 0 aromatic carbocycles. The third-order valence-corrected chi connectivity index (χ3v) is 15.0. The lowest BCUT2D eigenvalue weighted by Crippen LogP contribution is -2.45. The van der Waals surface area contributed by atoms with Gasteiger partial charge in [-0.25, -0.2) is 0 Å². The van der Waals surface area contributed by atoms with E-state index in [0.29, 0.717) is 17.4 Å². The Kier molecular flexibility index (Phi) is 52.6. The van der Waals surface area contributed by atoms with Crippen LogP contribution in [-0.2, 0) is 18.4 Å². The summed E-state index contributed by atoms with van der Waals surface area (Å²) in [4.78, 5) is 25.5. The molecule has 0 aromatic rings. The molecule has 3 atom stereocenters. The molecule has 2 N–H and O–H groups in total. The van der Waals surface area contributed by atoms with Gasteiger partial charge in [0, 0.05) is 6.42 Å². The molecule has 0 radical (unpaired) electrons. The van der Waals surface area contributed by atoms with Crippen molar-refractivity contribution < 1.29 is 32.9 Å². The van der Waals surface area contributed by atoms with Crippen LogP contribution in [0.3, 0.4) is 0 Å². The van der Waals surface area contributed by atoms with Gasteiger partial charge in [0.2, 0.25) is 5.91 Å². The van der Waals surface area contributed by atoms with E-state index in [2.05, 4.69) is 43.5 Å². The first-order valence-corrected chi connectivity index (χ1v) is 32.3. The molecule has 1 amide bonds. The second kappa shape index (κ2) is 53.5. The van der Waals surface area contributed by atoms with Gasteiger partial charge >= 0.3 is 0 Å². The quantitative estimate of drug-likeness (QED) is 0.0272. The van der Waals surface area contributed by atoms with Gasteiger partial charge in [-0.1, -0.05) is 288 Å². The van der Waals surface area contributed by atoms with E-state index in [1.807, 2.05) is 27.2 Å². The minimum absolute atomic E-state index is 0.00733. The van der Waals surface area contributed by atoms with E-state index in [9.17, 15) is 19.4 Å². The molecule has 71 heavy (non-hydrogen) atoms. The molecule has 0 rings (SSSR count). The number of rotatable bonds is 57. The second-order valence-electron chi connectivity index (χ2n) is 22.4. The highest BCUT2D eigenvalue weighted by molar-refractivity contribution is 7.45. The molecule has 8 nitrogen and oxygen atoms in total. The number of carbonyl (C=O) groups excluding carboxylic acids is 1. The van der Waals surface area contributed by atoms with Crippen LogP contribution in [-0.4, -0.2) is 68.5 Å². The van der Waals surface area contributed by atoms with Crippen molar-refractivity contribution in [1.29, 1.82) is 0 Å². The molecule has 9 heteroatoms. The Hall–Kier alpha value is -1.28. The fraction of sp³-hybridized carbons (Fsp3) is 0.887. The number of hydrogen-bond donors (Lipinski definition) is 2. The van der Waals surface area contributed by atoms with Gasteiger partial charge in [-0.15, -0.1) is 0 Å². The molecule has 0 aliphatic rings. The molecule has 0 spiro atoms. The number of carbonyl (C=O) groups is 1. The smallest absolute Gasteiger partial charge is 0.268 e. The van der Waals surface area contributed by atoms with Crippen LogP contribution in [0.2, 0.25) is 0 Å². The number of likely N-dealkylation sites (N-methyl/N-ethyl adjacent to an activating group) is 1. The molecule has 0 aliphatic heterocycles. The Labute approximate surface area is 442 Å². The zero-order valence-corrected chi connectivity index (χ0v) is 48.8. The highest BCUT2D eigenvalue weighted by Gasteiger charge is 2.23. The van der Waals surface area contributed by atoms with E-state index in [1.54, 1.807) is 6.08 Å². The fourth-order valence-corrected chi connectivity index (χ4v) is 9.97. The second-order valence-corrected chi connectivity index (χ2v) is 23.8. The number of nitrogens with zero attached hydrogens (tertiary/aromatic N) is 1. The number of phosphoric ester groups is 1. The normalized spacial score (nSPS) is 14.1. The predicted octanol–water partition coefficient (Wildman–Crippen LogP) is 18.3. The highest BCUT2D eigenvalue weighted by atomic mass is 31.2. The van der Waals surface area contributed by atoms with Crippen LogP contribution in [0.15, 0.2) is 36.5 Å². The zero-order valence-electron chi connectivity index (χ0n) is 47.9. The summed E-state index contributed by atoms with van der Waals surface area (Å²) in [5, 5.41) is 13.9. The molecule has 0 fully saturated rings. The lowest BCUT2D eigenvalue weighted by molar-refractivity contribution is -0.870. The SMILES string of the molecule is CCCCCCCCCCC/C=C/CC/C=C/CC/C=C/C(O)C(COP(=O)([O-])OCC[N+](C)(C)C)NC(=O)CCCCCCCCCCCCCCCCCCCCCCCCCCCCCCCC. The molecule has 0 saturated carbocycles. The monoisotopic (exact) mass is 1020 g/mol. The molecule has 0 heterocycles. The summed E-state index contributed by atoms with van der Waals surface area (Å²) in [6.45, 7) is 4.66. The van der Waals surface area contributed by atoms with Crippen molar-refractivity contribution >= 4 is 13.7 Å². The number of aliphatic hydroxyl groups excluding tert-OH is 1. The minimum atomic E-state index is -4.61. The van der Waals surface area contributed by atoms with Crippen LogP contribution >= 0.6 is 7.82 Å². The average Bonchev–Trinajstić information content (AvgIpc) is 3.33. The molecular formula is C62H121N2O6P. The lowest BCUT2D eigenvalue weighted by Gasteiger charge is -2.29. The topological polar surface area (TPSA) is 108 Å². The van der Waals surface area contributed by atoms with Gasteiger partial charge in [0.25, 0.3) is 7.82 Å². The van der Waals surface area contributed by atoms with Crippen LogP contribution in [0, 0.1) is 0 Å². The molecule has 0 aromatic heterocycles. The Bertz CT molecular complexity index is 1250. The van der Waals surface area contributed by atoms with E-state index < -0.39 is 26.6 Å².